The number of aliphatic hydroxyl groups is 1. The average molecular weight is 448 g/mol. The lowest BCUT2D eigenvalue weighted by atomic mass is 9.85. The Morgan fingerprint density at radius 2 is 1.59 bits per heavy atom. The molecule has 4 rings (SSSR count). The van der Waals surface area contributed by atoms with Gasteiger partial charge in [0.15, 0.2) is 0 Å². The SMILES string of the molecule is Cc1ccc(C(O)=C2C(=O)C(=O)N(c3nnc(C)s3)C2c2ccc(C(C)(C)C)cc2)cc1. The molecule has 0 aliphatic carbocycles. The van der Waals surface area contributed by atoms with Crippen LogP contribution >= 0.6 is 11.3 Å². The van der Waals surface area contributed by atoms with Crippen molar-refractivity contribution in [3.8, 4) is 0 Å². The first kappa shape index (κ1) is 21.9. The molecule has 3 aromatic rings. The van der Waals surface area contributed by atoms with Gasteiger partial charge in [0.1, 0.15) is 10.8 Å². The molecular formula is C25H25N3O3S. The summed E-state index contributed by atoms with van der Waals surface area (Å²) in [7, 11) is 0. The number of carbonyl (C=O) groups is 2. The normalized spacial score (nSPS) is 18.4. The number of benzene rings is 2. The van der Waals surface area contributed by atoms with E-state index in [0.29, 0.717) is 15.7 Å². The van der Waals surface area contributed by atoms with E-state index in [4.69, 9.17) is 0 Å². The Labute approximate surface area is 191 Å². The summed E-state index contributed by atoms with van der Waals surface area (Å²) < 4.78 is 0. The van der Waals surface area contributed by atoms with Gasteiger partial charge in [0.05, 0.1) is 11.6 Å². The van der Waals surface area contributed by atoms with Gasteiger partial charge in [-0.2, -0.15) is 0 Å². The number of ketones is 1. The van der Waals surface area contributed by atoms with E-state index >= 15 is 0 Å². The quantitative estimate of drug-likeness (QED) is 0.344. The van der Waals surface area contributed by atoms with Gasteiger partial charge < -0.3 is 5.11 Å². The van der Waals surface area contributed by atoms with Gasteiger partial charge in [-0.3, -0.25) is 14.5 Å². The third kappa shape index (κ3) is 3.84. The Morgan fingerprint density at radius 1 is 0.969 bits per heavy atom. The van der Waals surface area contributed by atoms with Crippen LogP contribution in [0.1, 0.15) is 54.1 Å². The standard InChI is InChI=1S/C25H25N3O3S/c1-14-6-8-17(9-7-14)21(29)19-20(16-10-12-18(13-11-16)25(3,4)5)28(23(31)22(19)30)24-27-26-15(2)32-24/h6-13,20,29H,1-5H3. The molecule has 2 heterocycles. The summed E-state index contributed by atoms with van der Waals surface area (Å²) in [5, 5.41) is 20.3. The zero-order valence-electron chi connectivity index (χ0n) is 18.7. The van der Waals surface area contributed by atoms with Crippen LogP contribution in [0.2, 0.25) is 0 Å². The van der Waals surface area contributed by atoms with Crippen LogP contribution in [0.25, 0.3) is 5.76 Å². The van der Waals surface area contributed by atoms with Gasteiger partial charge in [0, 0.05) is 5.56 Å². The van der Waals surface area contributed by atoms with E-state index in [9.17, 15) is 14.7 Å². The molecule has 1 fully saturated rings. The number of hydrogen-bond donors (Lipinski definition) is 1. The molecule has 0 radical (unpaired) electrons. The minimum atomic E-state index is -0.794. The first-order chi connectivity index (χ1) is 15.1. The number of aromatic nitrogens is 2. The largest absolute Gasteiger partial charge is 0.507 e. The fourth-order valence-corrected chi connectivity index (χ4v) is 4.48. The highest BCUT2D eigenvalue weighted by Gasteiger charge is 2.48. The molecule has 32 heavy (non-hydrogen) atoms. The van der Waals surface area contributed by atoms with Crippen molar-refractivity contribution >= 4 is 33.9 Å². The maximum absolute atomic E-state index is 13.1. The predicted molar refractivity (Wildman–Crippen MR) is 126 cm³/mol. The summed E-state index contributed by atoms with van der Waals surface area (Å²) in [4.78, 5) is 27.6. The Balaban J connectivity index is 1.91. The molecule has 2 aromatic carbocycles. The first-order valence-corrected chi connectivity index (χ1v) is 11.2. The summed E-state index contributed by atoms with van der Waals surface area (Å²) in [6.45, 7) is 10.1. The fourth-order valence-electron chi connectivity index (χ4n) is 3.76. The minimum absolute atomic E-state index is 0.0431. The number of aryl methyl sites for hydroxylation is 2. The molecule has 1 atom stereocenters. The van der Waals surface area contributed by atoms with E-state index in [1.165, 1.54) is 16.2 Å². The molecule has 1 aromatic heterocycles. The minimum Gasteiger partial charge on any atom is -0.507 e. The first-order valence-electron chi connectivity index (χ1n) is 10.4. The lowest BCUT2D eigenvalue weighted by molar-refractivity contribution is -0.132. The van der Waals surface area contributed by atoms with Gasteiger partial charge in [-0.25, -0.2) is 0 Å². The molecule has 0 spiro atoms. The molecule has 0 bridgehead atoms. The molecule has 7 heteroatoms. The number of amides is 1. The summed E-state index contributed by atoms with van der Waals surface area (Å²) in [5.74, 6) is -1.66. The van der Waals surface area contributed by atoms with Crippen LogP contribution in [0.15, 0.2) is 54.1 Å². The molecule has 164 valence electrons. The number of carbonyl (C=O) groups excluding carboxylic acids is 2. The van der Waals surface area contributed by atoms with Crippen LogP contribution in [0.3, 0.4) is 0 Å². The second kappa shape index (κ2) is 7.98. The molecule has 1 unspecified atom stereocenters. The third-order valence-electron chi connectivity index (χ3n) is 5.58. The Morgan fingerprint density at radius 3 is 2.12 bits per heavy atom. The van der Waals surface area contributed by atoms with Gasteiger partial charge >= 0.3 is 5.91 Å². The van der Waals surface area contributed by atoms with Crippen molar-refractivity contribution in [1.82, 2.24) is 10.2 Å². The van der Waals surface area contributed by atoms with Crippen molar-refractivity contribution in [3.05, 3.63) is 81.4 Å². The van der Waals surface area contributed by atoms with Gasteiger partial charge in [-0.05, 0) is 30.4 Å². The monoisotopic (exact) mass is 447 g/mol. The van der Waals surface area contributed by atoms with Crippen molar-refractivity contribution in [1.29, 1.82) is 0 Å². The van der Waals surface area contributed by atoms with E-state index in [2.05, 4.69) is 31.0 Å². The second-order valence-corrected chi connectivity index (χ2v) is 10.2. The van der Waals surface area contributed by atoms with Crippen LogP contribution in [0.4, 0.5) is 5.13 Å². The molecule has 1 N–H and O–H groups in total. The number of aliphatic hydroxyl groups excluding tert-OH is 1. The highest BCUT2D eigenvalue weighted by atomic mass is 32.1. The third-order valence-corrected chi connectivity index (χ3v) is 6.42. The van der Waals surface area contributed by atoms with Crippen LogP contribution in [0, 0.1) is 13.8 Å². The van der Waals surface area contributed by atoms with Crippen molar-refractivity contribution in [2.75, 3.05) is 4.90 Å². The maximum Gasteiger partial charge on any atom is 0.301 e. The van der Waals surface area contributed by atoms with Gasteiger partial charge in [-0.1, -0.05) is 86.2 Å². The van der Waals surface area contributed by atoms with Gasteiger partial charge in [0.2, 0.25) is 5.13 Å². The zero-order valence-corrected chi connectivity index (χ0v) is 19.5. The van der Waals surface area contributed by atoms with Crippen molar-refractivity contribution in [2.24, 2.45) is 0 Å². The number of Topliss-reactive ketones (excluding diaryl/α,β-unsaturated/α-hetero) is 1. The van der Waals surface area contributed by atoms with E-state index in [0.717, 1.165) is 16.7 Å². The van der Waals surface area contributed by atoms with Crippen LogP contribution in [-0.2, 0) is 15.0 Å². The Bertz CT molecular complexity index is 1220. The van der Waals surface area contributed by atoms with Gasteiger partial charge in [-0.15, -0.1) is 10.2 Å². The number of hydrogen-bond acceptors (Lipinski definition) is 6. The van der Waals surface area contributed by atoms with Crippen LogP contribution in [-0.4, -0.2) is 27.0 Å². The molecule has 1 saturated heterocycles. The Hall–Kier alpha value is -3.32. The molecule has 6 nitrogen and oxygen atoms in total. The second-order valence-electron chi connectivity index (χ2n) is 9.01. The molecule has 1 aliphatic rings. The van der Waals surface area contributed by atoms with Crippen LogP contribution < -0.4 is 4.90 Å². The smallest absolute Gasteiger partial charge is 0.301 e. The Kier molecular flexibility index (Phi) is 5.46. The molecule has 1 aliphatic heterocycles. The number of anilines is 1. The van der Waals surface area contributed by atoms with Crippen molar-refractivity contribution in [3.63, 3.8) is 0 Å². The maximum atomic E-state index is 13.1. The molecular weight excluding hydrogens is 422 g/mol. The molecule has 0 saturated carbocycles. The summed E-state index contributed by atoms with van der Waals surface area (Å²) in [6, 6.07) is 14.2. The van der Waals surface area contributed by atoms with Gasteiger partial charge in [0.25, 0.3) is 5.78 Å². The predicted octanol–water partition coefficient (Wildman–Crippen LogP) is 5.08. The lowest BCUT2D eigenvalue weighted by Crippen LogP contribution is -2.29. The topological polar surface area (TPSA) is 83.4 Å². The highest BCUT2D eigenvalue weighted by molar-refractivity contribution is 7.15. The molecule has 1 amide bonds. The van der Waals surface area contributed by atoms with E-state index in [-0.39, 0.29) is 16.7 Å². The zero-order chi connectivity index (χ0) is 23.2. The summed E-state index contributed by atoms with van der Waals surface area (Å²) >= 11 is 1.23. The number of rotatable bonds is 3. The van der Waals surface area contributed by atoms with Crippen LogP contribution in [0.5, 0.6) is 0 Å². The van der Waals surface area contributed by atoms with Crippen molar-refractivity contribution in [2.45, 2.75) is 46.1 Å². The average Bonchev–Trinajstić information content (AvgIpc) is 3.28. The van der Waals surface area contributed by atoms with Crippen molar-refractivity contribution < 1.29 is 14.7 Å². The lowest BCUT2D eigenvalue weighted by Gasteiger charge is -2.24. The summed E-state index contributed by atoms with van der Waals surface area (Å²) in [6.07, 6.45) is 0. The summed E-state index contributed by atoms with van der Waals surface area (Å²) in [5.41, 5.74) is 3.37. The van der Waals surface area contributed by atoms with E-state index in [1.54, 1.807) is 19.1 Å². The van der Waals surface area contributed by atoms with E-state index < -0.39 is 17.7 Å². The number of nitrogens with zero attached hydrogens (tertiary/aromatic N) is 3. The van der Waals surface area contributed by atoms with E-state index in [1.807, 2.05) is 43.3 Å². The highest BCUT2D eigenvalue weighted by Crippen LogP contribution is 2.43. The fraction of sp³-hybridized carbons (Fsp3) is 0.280.